The van der Waals surface area contributed by atoms with Gasteiger partial charge in [0, 0.05) is 11.6 Å². The van der Waals surface area contributed by atoms with E-state index < -0.39 is 18.2 Å². The van der Waals surface area contributed by atoms with Crippen LogP contribution in [0.4, 0.5) is 0 Å². The highest BCUT2D eigenvalue weighted by molar-refractivity contribution is 5.75. The van der Waals surface area contributed by atoms with Gasteiger partial charge in [-0.25, -0.2) is 4.79 Å². The Hall–Kier alpha value is -1.75. The number of carbonyl (C=O) groups is 1. The Balaban J connectivity index is 3.02. The van der Waals surface area contributed by atoms with E-state index in [1.54, 1.807) is 39.2 Å². The average Bonchev–Trinajstić information content (AvgIpc) is 2.46. The van der Waals surface area contributed by atoms with Crippen LogP contribution < -0.4 is 9.47 Å². The van der Waals surface area contributed by atoms with Crippen molar-refractivity contribution in [3.63, 3.8) is 0 Å². The van der Waals surface area contributed by atoms with Crippen LogP contribution in [0.5, 0.6) is 11.5 Å². The number of benzene rings is 1. The van der Waals surface area contributed by atoms with E-state index in [0.717, 1.165) is 6.42 Å². The molecule has 1 unspecified atom stereocenters. The van der Waals surface area contributed by atoms with Crippen molar-refractivity contribution in [1.82, 2.24) is 0 Å². The first-order valence-corrected chi connectivity index (χ1v) is 7.22. The molecule has 21 heavy (non-hydrogen) atoms. The van der Waals surface area contributed by atoms with Crippen LogP contribution in [0, 0.1) is 0 Å². The van der Waals surface area contributed by atoms with E-state index in [4.69, 9.17) is 14.2 Å². The maximum atomic E-state index is 11.9. The standard InChI is InChI=1S/C16H24O5/c1-5-7-14(16(18)20-6-2)21-15-10-12(19-4)8-9-13(15)11(3)17/h8-11,14,17H,5-7H2,1-4H3/t11-,14?/m0/s1. The van der Waals surface area contributed by atoms with Gasteiger partial charge in [-0.15, -0.1) is 0 Å². The molecule has 0 heterocycles. The number of aliphatic hydroxyl groups excluding tert-OH is 1. The lowest BCUT2D eigenvalue weighted by atomic mass is 10.1. The second kappa shape index (κ2) is 8.52. The molecule has 0 aliphatic rings. The van der Waals surface area contributed by atoms with Gasteiger partial charge in [0.05, 0.1) is 19.8 Å². The van der Waals surface area contributed by atoms with Crippen LogP contribution in [-0.2, 0) is 9.53 Å². The van der Waals surface area contributed by atoms with Crippen LogP contribution in [0.3, 0.4) is 0 Å². The van der Waals surface area contributed by atoms with E-state index >= 15 is 0 Å². The molecule has 0 fully saturated rings. The minimum Gasteiger partial charge on any atom is -0.497 e. The van der Waals surface area contributed by atoms with Crippen molar-refractivity contribution in [3.8, 4) is 11.5 Å². The van der Waals surface area contributed by atoms with Crippen molar-refractivity contribution in [2.45, 2.75) is 45.8 Å². The molecule has 1 rings (SSSR count). The zero-order valence-electron chi connectivity index (χ0n) is 13.1. The summed E-state index contributed by atoms with van der Waals surface area (Å²) < 4.78 is 16.0. The molecule has 0 amide bonds. The first kappa shape index (κ1) is 17.3. The highest BCUT2D eigenvalue weighted by Gasteiger charge is 2.23. The fourth-order valence-electron chi connectivity index (χ4n) is 1.96. The molecule has 5 nitrogen and oxygen atoms in total. The number of ether oxygens (including phenoxy) is 3. The summed E-state index contributed by atoms with van der Waals surface area (Å²) >= 11 is 0. The van der Waals surface area contributed by atoms with Gasteiger partial charge < -0.3 is 19.3 Å². The first-order valence-electron chi connectivity index (χ1n) is 7.22. The van der Waals surface area contributed by atoms with E-state index in [-0.39, 0.29) is 0 Å². The Bertz CT molecular complexity index is 456. The fourth-order valence-corrected chi connectivity index (χ4v) is 1.96. The summed E-state index contributed by atoms with van der Waals surface area (Å²) in [5, 5.41) is 9.82. The van der Waals surface area contributed by atoms with Gasteiger partial charge >= 0.3 is 5.97 Å². The quantitative estimate of drug-likeness (QED) is 0.747. The lowest BCUT2D eigenvalue weighted by molar-refractivity contribution is -0.151. The van der Waals surface area contributed by atoms with Gasteiger partial charge in [0.1, 0.15) is 11.5 Å². The molecule has 118 valence electrons. The van der Waals surface area contributed by atoms with Gasteiger partial charge in [0.25, 0.3) is 0 Å². The molecular weight excluding hydrogens is 272 g/mol. The molecule has 1 aromatic rings. The predicted molar refractivity (Wildman–Crippen MR) is 79.6 cm³/mol. The molecule has 2 atom stereocenters. The molecule has 0 spiro atoms. The summed E-state index contributed by atoms with van der Waals surface area (Å²) in [4.78, 5) is 11.9. The van der Waals surface area contributed by atoms with Crippen LogP contribution >= 0.6 is 0 Å². The van der Waals surface area contributed by atoms with Crippen LogP contribution in [0.25, 0.3) is 0 Å². The van der Waals surface area contributed by atoms with Crippen molar-refractivity contribution < 1.29 is 24.1 Å². The zero-order valence-corrected chi connectivity index (χ0v) is 13.1. The third-order valence-corrected chi connectivity index (χ3v) is 3.04. The topological polar surface area (TPSA) is 65.0 Å². The van der Waals surface area contributed by atoms with Gasteiger partial charge in [0.2, 0.25) is 0 Å². The third kappa shape index (κ3) is 4.93. The minimum absolute atomic E-state index is 0.309. The summed E-state index contributed by atoms with van der Waals surface area (Å²) in [6.45, 7) is 5.68. The molecule has 0 saturated carbocycles. The maximum absolute atomic E-state index is 11.9. The van der Waals surface area contributed by atoms with Crippen molar-refractivity contribution in [1.29, 1.82) is 0 Å². The SMILES string of the molecule is CCCC(Oc1cc(OC)ccc1[C@H](C)O)C(=O)OCC. The molecule has 5 heteroatoms. The third-order valence-electron chi connectivity index (χ3n) is 3.04. The number of carbonyl (C=O) groups excluding carboxylic acids is 1. The Morgan fingerprint density at radius 2 is 2.05 bits per heavy atom. The molecule has 0 bridgehead atoms. The first-order chi connectivity index (χ1) is 10.0. The summed E-state index contributed by atoms with van der Waals surface area (Å²) in [5.41, 5.74) is 0.612. The molecule has 0 aromatic heterocycles. The lowest BCUT2D eigenvalue weighted by Crippen LogP contribution is -2.29. The number of aliphatic hydroxyl groups is 1. The minimum atomic E-state index is -0.699. The van der Waals surface area contributed by atoms with Gasteiger partial charge in [-0.3, -0.25) is 0 Å². The molecular formula is C16H24O5. The van der Waals surface area contributed by atoms with E-state index in [9.17, 15) is 9.90 Å². The predicted octanol–water partition coefficient (Wildman–Crippen LogP) is 2.86. The zero-order chi connectivity index (χ0) is 15.8. The Kier molecular flexibility index (Phi) is 7.02. The van der Waals surface area contributed by atoms with Gasteiger partial charge in [0.15, 0.2) is 6.10 Å². The second-order valence-corrected chi connectivity index (χ2v) is 4.73. The van der Waals surface area contributed by atoms with Crippen LogP contribution in [-0.4, -0.2) is 30.9 Å². The highest BCUT2D eigenvalue weighted by Crippen LogP contribution is 2.31. The molecule has 1 aromatic carbocycles. The lowest BCUT2D eigenvalue weighted by Gasteiger charge is -2.20. The Morgan fingerprint density at radius 1 is 1.33 bits per heavy atom. The van der Waals surface area contributed by atoms with Gasteiger partial charge in [-0.05, 0) is 32.4 Å². The molecule has 0 radical (unpaired) electrons. The summed E-state index contributed by atoms with van der Waals surface area (Å²) in [5.74, 6) is 0.656. The fraction of sp³-hybridized carbons (Fsp3) is 0.562. The number of methoxy groups -OCH3 is 1. The van der Waals surface area contributed by atoms with Gasteiger partial charge in [-0.1, -0.05) is 13.3 Å². The smallest absolute Gasteiger partial charge is 0.347 e. The second-order valence-electron chi connectivity index (χ2n) is 4.73. The van der Waals surface area contributed by atoms with Crippen LogP contribution in [0.15, 0.2) is 18.2 Å². The van der Waals surface area contributed by atoms with E-state index in [2.05, 4.69) is 0 Å². The van der Waals surface area contributed by atoms with E-state index in [0.29, 0.717) is 30.1 Å². The number of hydrogen-bond acceptors (Lipinski definition) is 5. The molecule has 1 N–H and O–H groups in total. The van der Waals surface area contributed by atoms with Crippen LogP contribution in [0.2, 0.25) is 0 Å². The van der Waals surface area contributed by atoms with Crippen molar-refractivity contribution in [2.75, 3.05) is 13.7 Å². The van der Waals surface area contributed by atoms with Crippen LogP contribution in [0.1, 0.15) is 45.3 Å². The monoisotopic (exact) mass is 296 g/mol. The van der Waals surface area contributed by atoms with Crippen molar-refractivity contribution in [2.24, 2.45) is 0 Å². The largest absolute Gasteiger partial charge is 0.497 e. The molecule has 0 aliphatic heterocycles. The number of hydrogen-bond donors (Lipinski definition) is 1. The Labute approximate surface area is 125 Å². The Morgan fingerprint density at radius 3 is 2.57 bits per heavy atom. The highest BCUT2D eigenvalue weighted by atomic mass is 16.6. The average molecular weight is 296 g/mol. The summed E-state index contributed by atoms with van der Waals surface area (Å²) in [6.07, 6.45) is -0.0397. The van der Waals surface area contributed by atoms with E-state index in [1.807, 2.05) is 6.92 Å². The number of rotatable bonds is 8. The van der Waals surface area contributed by atoms with Crippen molar-refractivity contribution >= 4 is 5.97 Å². The summed E-state index contributed by atoms with van der Waals surface area (Å²) in [7, 11) is 1.55. The van der Waals surface area contributed by atoms with Crippen molar-refractivity contribution in [3.05, 3.63) is 23.8 Å². The van der Waals surface area contributed by atoms with Gasteiger partial charge in [-0.2, -0.15) is 0 Å². The van der Waals surface area contributed by atoms with E-state index in [1.165, 1.54) is 0 Å². The number of esters is 1. The molecule has 0 saturated heterocycles. The summed E-state index contributed by atoms with van der Waals surface area (Å²) in [6, 6.07) is 5.14. The maximum Gasteiger partial charge on any atom is 0.347 e. The molecule has 0 aliphatic carbocycles. The normalized spacial score (nSPS) is 13.4.